The first-order valence-electron chi connectivity index (χ1n) is 7.12. The number of nitrogens with zero attached hydrogens (tertiary/aromatic N) is 2. The highest BCUT2D eigenvalue weighted by molar-refractivity contribution is 6.42. The summed E-state index contributed by atoms with van der Waals surface area (Å²) in [5, 5.41) is 6.27. The van der Waals surface area contributed by atoms with Crippen molar-refractivity contribution in [1.29, 1.82) is 0 Å². The summed E-state index contributed by atoms with van der Waals surface area (Å²) < 4.78 is 13.2. The minimum Gasteiger partial charge on any atom is -0.339 e. The van der Waals surface area contributed by atoms with E-state index in [1.807, 2.05) is 0 Å². The zero-order valence-electron chi connectivity index (χ0n) is 12.6. The Morgan fingerprint density at radius 1 is 0.960 bits per heavy atom. The Morgan fingerprint density at radius 2 is 1.80 bits per heavy atom. The number of hydrogen-bond donors (Lipinski definition) is 2. The van der Waals surface area contributed by atoms with Crippen LogP contribution in [0.3, 0.4) is 0 Å². The fraction of sp³-hybridized carbons (Fsp3) is 0. The molecule has 3 rings (SSSR count). The third-order valence-electron chi connectivity index (χ3n) is 3.16. The Hall–Kier alpha value is -2.70. The van der Waals surface area contributed by atoms with Gasteiger partial charge in [-0.2, -0.15) is 0 Å². The number of anilines is 3. The van der Waals surface area contributed by atoms with Crippen molar-refractivity contribution in [2.45, 2.75) is 0 Å². The summed E-state index contributed by atoms with van der Waals surface area (Å²) in [5.41, 5.74) is 1.14. The minimum absolute atomic E-state index is 0.121. The van der Waals surface area contributed by atoms with Crippen LogP contribution in [0.4, 0.5) is 21.6 Å². The van der Waals surface area contributed by atoms with Gasteiger partial charge in [-0.1, -0.05) is 29.3 Å². The summed E-state index contributed by atoms with van der Waals surface area (Å²) in [6.07, 6.45) is 2.70. The molecule has 0 unspecified atom stereocenters. The molecule has 8 heteroatoms. The third kappa shape index (κ3) is 4.43. The number of rotatable bonds is 4. The summed E-state index contributed by atoms with van der Waals surface area (Å²) in [6.45, 7) is 0. The van der Waals surface area contributed by atoms with E-state index in [4.69, 9.17) is 23.2 Å². The maximum absolute atomic E-state index is 13.2. The normalized spacial score (nSPS) is 10.4. The van der Waals surface area contributed by atoms with Crippen LogP contribution in [0.15, 0.2) is 54.9 Å². The van der Waals surface area contributed by atoms with Crippen molar-refractivity contribution in [3.63, 3.8) is 0 Å². The van der Waals surface area contributed by atoms with E-state index in [1.165, 1.54) is 30.6 Å². The summed E-state index contributed by atoms with van der Waals surface area (Å²) in [5.74, 6) is -0.421. The van der Waals surface area contributed by atoms with Crippen LogP contribution < -0.4 is 10.6 Å². The van der Waals surface area contributed by atoms with Crippen LogP contribution >= 0.6 is 23.2 Å². The predicted octanol–water partition coefficient (Wildman–Crippen LogP) is 4.92. The molecule has 2 N–H and O–H groups in total. The van der Waals surface area contributed by atoms with Gasteiger partial charge in [0.25, 0.3) is 5.91 Å². The van der Waals surface area contributed by atoms with Crippen LogP contribution in [-0.4, -0.2) is 15.9 Å². The maximum atomic E-state index is 13.2. The van der Waals surface area contributed by atoms with E-state index in [0.717, 1.165) is 0 Å². The lowest BCUT2D eigenvalue weighted by molar-refractivity contribution is 0.102. The van der Waals surface area contributed by atoms with Crippen LogP contribution in [0.5, 0.6) is 0 Å². The van der Waals surface area contributed by atoms with E-state index in [1.54, 1.807) is 24.3 Å². The van der Waals surface area contributed by atoms with Gasteiger partial charge in [0.1, 0.15) is 17.3 Å². The van der Waals surface area contributed by atoms with Gasteiger partial charge in [0, 0.05) is 11.4 Å². The van der Waals surface area contributed by atoms with Crippen LogP contribution in [0.2, 0.25) is 10.0 Å². The molecule has 1 amide bonds. The van der Waals surface area contributed by atoms with Gasteiger partial charge in [-0.3, -0.25) is 4.79 Å². The molecule has 0 fully saturated rings. The number of hydrogen-bond acceptors (Lipinski definition) is 4. The van der Waals surface area contributed by atoms with E-state index in [2.05, 4.69) is 20.6 Å². The van der Waals surface area contributed by atoms with Crippen molar-refractivity contribution in [2.24, 2.45) is 0 Å². The lowest BCUT2D eigenvalue weighted by atomic mass is 10.3. The molecule has 0 saturated carbocycles. The van der Waals surface area contributed by atoms with Gasteiger partial charge in [-0.25, -0.2) is 14.4 Å². The van der Waals surface area contributed by atoms with Gasteiger partial charge in [-0.15, -0.1) is 0 Å². The topological polar surface area (TPSA) is 66.9 Å². The molecule has 1 heterocycles. The lowest BCUT2D eigenvalue weighted by Crippen LogP contribution is -2.14. The monoisotopic (exact) mass is 376 g/mol. The Morgan fingerprint density at radius 3 is 2.48 bits per heavy atom. The lowest BCUT2D eigenvalue weighted by Gasteiger charge is -2.07. The number of amides is 1. The fourth-order valence-corrected chi connectivity index (χ4v) is 2.29. The molecular formula is C17H11Cl2FN4O. The number of carbonyl (C=O) groups excluding carboxylic acids is 1. The van der Waals surface area contributed by atoms with E-state index in [-0.39, 0.29) is 11.5 Å². The second-order valence-corrected chi connectivity index (χ2v) is 5.82. The molecule has 0 aliphatic carbocycles. The second kappa shape index (κ2) is 7.46. The molecule has 0 saturated heterocycles. The largest absolute Gasteiger partial charge is 0.339 e. The van der Waals surface area contributed by atoms with Gasteiger partial charge >= 0.3 is 0 Å². The van der Waals surface area contributed by atoms with Crippen molar-refractivity contribution < 1.29 is 9.18 Å². The summed E-state index contributed by atoms with van der Waals surface area (Å²) in [7, 11) is 0. The van der Waals surface area contributed by atoms with E-state index >= 15 is 0 Å². The zero-order chi connectivity index (χ0) is 17.8. The van der Waals surface area contributed by atoms with Crippen molar-refractivity contribution in [3.05, 3.63) is 76.4 Å². The Kier molecular flexibility index (Phi) is 5.11. The zero-order valence-corrected chi connectivity index (χ0v) is 14.1. The van der Waals surface area contributed by atoms with Crippen LogP contribution in [0, 0.1) is 5.82 Å². The molecule has 0 aliphatic heterocycles. The van der Waals surface area contributed by atoms with E-state index < -0.39 is 5.91 Å². The summed E-state index contributed by atoms with van der Waals surface area (Å²) >= 11 is 11.7. The first-order chi connectivity index (χ1) is 12.0. The standard InChI is InChI=1S/C17H11Cl2FN4O/c18-13-5-4-12(7-14(13)19)24-17(25)15-8-22-16(9-21-15)23-11-3-1-2-10(20)6-11/h1-9H,(H,22,23)(H,24,25). The Labute approximate surface area is 152 Å². The van der Waals surface area contributed by atoms with Gasteiger partial charge in [0.15, 0.2) is 0 Å². The quantitative estimate of drug-likeness (QED) is 0.678. The summed E-state index contributed by atoms with van der Waals surface area (Å²) in [4.78, 5) is 20.3. The molecule has 0 bridgehead atoms. The first-order valence-corrected chi connectivity index (χ1v) is 7.88. The predicted molar refractivity (Wildman–Crippen MR) is 96.1 cm³/mol. The van der Waals surface area contributed by atoms with Crippen molar-refractivity contribution in [1.82, 2.24) is 9.97 Å². The van der Waals surface area contributed by atoms with Crippen molar-refractivity contribution >= 4 is 46.3 Å². The van der Waals surface area contributed by atoms with E-state index in [0.29, 0.717) is 27.2 Å². The number of halogens is 3. The molecule has 0 atom stereocenters. The maximum Gasteiger partial charge on any atom is 0.275 e. The molecule has 2 aromatic carbocycles. The molecule has 25 heavy (non-hydrogen) atoms. The molecule has 5 nitrogen and oxygen atoms in total. The molecule has 0 radical (unpaired) electrons. The van der Waals surface area contributed by atoms with Gasteiger partial charge < -0.3 is 10.6 Å². The molecule has 1 aromatic heterocycles. The highest BCUT2D eigenvalue weighted by Crippen LogP contribution is 2.25. The SMILES string of the molecule is O=C(Nc1ccc(Cl)c(Cl)c1)c1cnc(Nc2cccc(F)c2)cn1. The Bertz CT molecular complexity index is 919. The van der Waals surface area contributed by atoms with Gasteiger partial charge in [0.2, 0.25) is 0 Å². The number of aromatic nitrogens is 2. The van der Waals surface area contributed by atoms with Gasteiger partial charge in [-0.05, 0) is 36.4 Å². The number of nitrogens with one attached hydrogen (secondary N) is 2. The Balaban J connectivity index is 1.68. The van der Waals surface area contributed by atoms with E-state index in [9.17, 15) is 9.18 Å². The van der Waals surface area contributed by atoms with Crippen molar-refractivity contribution in [3.8, 4) is 0 Å². The minimum atomic E-state index is -0.441. The fourth-order valence-electron chi connectivity index (χ4n) is 1.99. The molecule has 0 spiro atoms. The van der Waals surface area contributed by atoms with Crippen LogP contribution in [0.25, 0.3) is 0 Å². The highest BCUT2D eigenvalue weighted by atomic mass is 35.5. The smallest absolute Gasteiger partial charge is 0.275 e. The second-order valence-electron chi connectivity index (χ2n) is 5.01. The molecule has 0 aliphatic rings. The van der Waals surface area contributed by atoms with Crippen molar-refractivity contribution in [2.75, 3.05) is 10.6 Å². The van der Waals surface area contributed by atoms with Crippen LogP contribution in [-0.2, 0) is 0 Å². The highest BCUT2D eigenvalue weighted by Gasteiger charge is 2.10. The molecule has 3 aromatic rings. The third-order valence-corrected chi connectivity index (χ3v) is 3.90. The number of carbonyl (C=O) groups is 1. The number of benzene rings is 2. The molecular weight excluding hydrogens is 366 g/mol. The summed E-state index contributed by atoms with van der Waals surface area (Å²) in [6, 6.07) is 10.7. The average molecular weight is 377 g/mol. The molecule has 126 valence electrons. The average Bonchev–Trinajstić information content (AvgIpc) is 2.59. The van der Waals surface area contributed by atoms with Crippen LogP contribution in [0.1, 0.15) is 10.5 Å². The first kappa shape index (κ1) is 17.1. The van der Waals surface area contributed by atoms with Gasteiger partial charge in [0.05, 0.1) is 22.4 Å².